The third kappa shape index (κ3) is 4.44. The molecule has 25 heavy (non-hydrogen) atoms. The molecule has 2 N–H and O–H groups in total. The number of hydrogen-bond donors (Lipinski definition) is 1. The molecule has 1 aromatic carbocycles. The van der Waals surface area contributed by atoms with Crippen LogP contribution < -0.4 is 5.73 Å². The quantitative estimate of drug-likeness (QED) is 0.905. The predicted molar refractivity (Wildman–Crippen MR) is 98.7 cm³/mol. The van der Waals surface area contributed by atoms with E-state index in [-0.39, 0.29) is 18.0 Å². The Hall–Kier alpha value is -2.24. The number of nitrogens with two attached hydrogens (primary N) is 1. The van der Waals surface area contributed by atoms with Crippen molar-refractivity contribution in [2.75, 3.05) is 13.6 Å². The van der Waals surface area contributed by atoms with Crippen LogP contribution in [0.15, 0.2) is 48.5 Å². The third-order valence-electron chi connectivity index (χ3n) is 4.69. The highest BCUT2D eigenvalue weighted by molar-refractivity contribution is 5.82. The summed E-state index contributed by atoms with van der Waals surface area (Å²) < 4.78 is 0. The molecule has 0 unspecified atom stereocenters. The summed E-state index contributed by atoms with van der Waals surface area (Å²) in [5, 5.41) is 0. The van der Waals surface area contributed by atoms with Gasteiger partial charge in [-0.25, -0.2) is 0 Å². The molecule has 1 aliphatic rings. The van der Waals surface area contributed by atoms with Crippen LogP contribution in [0.25, 0.3) is 0 Å². The van der Waals surface area contributed by atoms with Crippen molar-refractivity contribution >= 4 is 5.91 Å². The molecule has 1 aromatic heterocycles. The zero-order valence-electron chi connectivity index (χ0n) is 14.9. The van der Waals surface area contributed by atoms with E-state index in [1.54, 1.807) is 0 Å². The first kappa shape index (κ1) is 17.6. The normalized spacial score (nSPS) is 20.6. The van der Waals surface area contributed by atoms with Gasteiger partial charge in [0.15, 0.2) is 0 Å². The minimum atomic E-state index is -0.150. The summed E-state index contributed by atoms with van der Waals surface area (Å²) in [5.41, 5.74) is 9.05. The van der Waals surface area contributed by atoms with Gasteiger partial charge in [0.25, 0.3) is 0 Å². The van der Waals surface area contributed by atoms with E-state index in [0.29, 0.717) is 19.5 Å². The van der Waals surface area contributed by atoms with Gasteiger partial charge in [-0.15, -0.1) is 0 Å². The number of benzene rings is 1. The first-order chi connectivity index (χ1) is 12.0. The Labute approximate surface area is 149 Å². The number of aromatic nitrogens is 1. The molecule has 2 heterocycles. The van der Waals surface area contributed by atoms with Crippen LogP contribution in [-0.2, 0) is 17.9 Å². The number of rotatable bonds is 5. The Morgan fingerprint density at radius 1 is 1.20 bits per heavy atom. The van der Waals surface area contributed by atoms with Crippen molar-refractivity contribution < 1.29 is 4.79 Å². The van der Waals surface area contributed by atoms with E-state index in [1.807, 2.05) is 67.4 Å². The Kier molecular flexibility index (Phi) is 5.46. The molecule has 1 aliphatic heterocycles. The fourth-order valence-electron chi connectivity index (χ4n) is 3.44. The number of carbonyl (C=O) groups excluding carboxylic acids is 1. The van der Waals surface area contributed by atoms with Gasteiger partial charge < -0.3 is 10.6 Å². The highest BCUT2D eigenvalue weighted by atomic mass is 16.2. The van der Waals surface area contributed by atoms with Crippen LogP contribution in [0, 0.1) is 6.92 Å². The molecule has 3 rings (SSSR count). The predicted octanol–water partition coefficient (Wildman–Crippen LogP) is 1.95. The zero-order valence-corrected chi connectivity index (χ0v) is 14.9. The third-order valence-corrected chi connectivity index (χ3v) is 4.69. The monoisotopic (exact) mass is 338 g/mol. The lowest BCUT2D eigenvalue weighted by Crippen LogP contribution is -2.43. The van der Waals surface area contributed by atoms with Crippen molar-refractivity contribution in [2.24, 2.45) is 5.73 Å². The summed E-state index contributed by atoms with van der Waals surface area (Å²) in [6.07, 6.45) is 0.710. The molecule has 1 saturated heterocycles. The first-order valence-electron chi connectivity index (χ1n) is 8.74. The number of carbonyl (C=O) groups is 1. The van der Waals surface area contributed by atoms with Gasteiger partial charge >= 0.3 is 0 Å². The Balaban J connectivity index is 1.82. The SMILES string of the molecule is Cc1cccc(CN(Cc2ccccc2)C(=O)[C@@H]2C[C@H](N)CN2C)n1. The molecule has 132 valence electrons. The fraction of sp³-hybridized carbons (Fsp3) is 0.400. The van der Waals surface area contributed by atoms with Gasteiger partial charge in [-0.1, -0.05) is 36.4 Å². The van der Waals surface area contributed by atoms with E-state index in [0.717, 1.165) is 23.5 Å². The van der Waals surface area contributed by atoms with Gasteiger partial charge in [0.1, 0.15) is 0 Å². The largest absolute Gasteiger partial charge is 0.331 e. The Morgan fingerprint density at radius 3 is 2.60 bits per heavy atom. The molecule has 0 bridgehead atoms. The van der Waals surface area contributed by atoms with Crippen molar-refractivity contribution in [3.8, 4) is 0 Å². The summed E-state index contributed by atoms with van der Waals surface area (Å²) in [7, 11) is 1.97. The molecule has 2 aromatic rings. The van der Waals surface area contributed by atoms with Gasteiger partial charge in [0.05, 0.1) is 18.3 Å². The standard InChI is InChI=1S/C20H26N4O/c1-15-7-6-10-18(22-15)14-24(12-16-8-4-3-5-9-16)20(25)19-11-17(21)13-23(19)2/h3-10,17,19H,11-14,21H2,1-2H3/t17-,19-/m0/s1. The van der Waals surface area contributed by atoms with Gasteiger partial charge in [0.2, 0.25) is 5.91 Å². The lowest BCUT2D eigenvalue weighted by Gasteiger charge is -2.28. The number of amides is 1. The average molecular weight is 338 g/mol. The maximum absolute atomic E-state index is 13.2. The summed E-state index contributed by atoms with van der Waals surface area (Å²) in [6, 6.07) is 15.9. The molecule has 1 amide bonds. The number of likely N-dealkylation sites (tertiary alicyclic amines) is 1. The summed E-state index contributed by atoms with van der Waals surface area (Å²) in [5.74, 6) is 0.127. The molecule has 5 nitrogen and oxygen atoms in total. The van der Waals surface area contributed by atoms with Crippen molar-refractivity contribution in [3.63, 3.8) is 0 Å². The smallest absolute Gasteiger partial charge is 0.240 e. The molecular weight excluding hydrogens is 312 g/mol. The summed E-state index contributed by atoms with van der Waals surface area (Å²) in [4.78, 5) is 21.7. The van der Waals surface area contributed by atoms with E-state index in [4.69, 9.17) is 5.73 Å². The Morgan fingerprint density at radius 2 is 1.96 bits per heavy atom. The van der Waals surface area contributed by atoms with E-state index >= 15 is 0 Å². The molecule has 0 saturated carbocycles. The highest BCUT2D eigenvalue weighted by Crippen LogP contribution is 2.19. The number of hydrogen-bond acceptors (Lipinski definition) is 4. The molecule has 1 fully saturated rings. The second-order valence-corrected chi connectivity index (χ2v) is 6.90. The molecule has 0 radical (unpaired) electrons. The second-order valence-electron chi connectivity index (χ2n) is 6.90. The molecule has 0 spiro atoms. The maximum Gasteiger partial charge on any atom is 0.240 e. The van der Waals surface area contributed by atoms with Crippen LogP contribution in [0.2, 0.25) is 0 Å². The van der Waals surface area contributed by atoms with Gasteiger partial charge in [0, 0.05) is 24.8 Å². The van der Waals surface area contributed by atoms with Crippen LogP contribution in [-0.4, -0.2) is 46.4 Å². The van der Waals surface area contributed by atoms with Crippen LogP contribution in [0.4, 0.5) is 0 Å². The van der Waals surface area contributed by atoms with Crippen LogP contribution in [0.5, 0.6) is 0 Å². The second kappa shape index (κ2) is 7.76. The maximum atomic E-state index is 13.2. The van der Waals surface area contributed by atoms with E-state index in [1.165, 1.54) is 0 Å². The molecule has 2 atom stereocenters. The first-order valence-corrected chi connectivity index (χ1v) is 8.74. The molecule has 5 heteroatoms. The van der Waals surface area contributed by atoms with Gasteiger partial charge in [-0.3, -0.25) is 14.7 Å². The number of nitrogens with zero attached hydrogens (tertiary/aromatic N) is 3. The number of pyridine rings is 1. The zero-order chi connectivity index (χ0) is 17.8. The summed E-state index contributed by atoms with van der Waals surface area (Å²) in [6.45, 7) is 3.82. The molecular formula is C20H26N4O. The fourth-order valence-corrected chi connectivity index (χ4v) is 3.44. The highest BCUT2D eigenvalue weighted by Gasteiger charge is 2.35. The topological polar surface area (TPSA) is 62.5 Å². The lowest BCUT2D eigenvalue weighted by atomic mass is 10.1. The van der Waals surface area contributed by atoms with E-state index in [2.05, 4.69) is 9.88 Å². The molecule has 0 aliphatic carbocycles. The average Bonchev–Trinajstić information content (AvgIpc) is 2.93. The number of aryl methyl sites for hydroxylation is 1. The summed E-state index contributed by atoms with van der Waals surface area (Å²) >= 11 is 0. The Bertz CT molecular complexity index is 719. The minimum Gasteiger partial charge on any atom is -0.331 e. The van der Waals surface area contributed by atoms with Gasteiger partial charge in [-0.2, -0.15) is 0 Å². The van der Waals surface area contributed by atoms with Gasteiger partial charge in [-0.05, 0) is 38.1 Å². The van der Waals surface area contributed by atoms with Crippen molar-refractivity contribution in [1.29, 1.82) is 0 Å². The number of likely N-dealkylation sites (N-methyl/N-ethyl adjacent to an activating group) is 1. The van der Waals surface area contributed by atoms with Crippen molar-refractivity contribution in [1.82, 2.24) is 14.8 Å². The minimum absolute atomic E-state index is 0.0645. The van der Waals surface area contributed by atoms with Crippen molar-refractivity contribution in [3.05, 3.63) is 65.5 Å². The van der Waals surface area contributed by atoms with E-state index < -0.39 is 0 Å². The van der Waals surface area contributed by atoms with Crippen LogP contribution >= 0.6 is 0 Å². The van der Waals surface area contributed by atoms with E-state index in [9.17, 15) is 4.79 Å². The van der Waals surface area contributed by atoms with Crippen molar-refractivity contribution in [2.45, 2.75) is 38.5 Å². The van der Waals surface area contributed by atoms with Crippen LogP contribution in [0.3, 0.4) is 0 Å². The van der Waals surface area contributed by atoms with Crippen LogP contribution in [0.1, 0.15) is 23.4 Å². The lowest BCUT2D eigenvalue weighted by molar-refractivity contribution is -0.137.